The van der Waals surface area contributed by atoms with E-state index in [0.29, 0.717) is 22.6 Å². The van der Waals surface area contributed by atoms with Crippen molar-refractivity contribution >= 4 is 22.5 Å². The fourth-order valence-corrected chi connectivity index (χ4v) is 4.07. The Labute approximate surface area is 203 Å². The smallest absolute Gasteiger partial charge is 0.193 e. The number of hydrogen-bond donors (Lipinski definition) is 1. The number of ether oxygens (including phenoxy) is 2. The van der Waals surface area contributed by atoms with Gasteiger partial charge in [-0.15, -0.1) is 0 Å². The summed E-state index contributed by atoms with van der Waals surface area (Å²) in [5.74, 6) is 2.12. The molecule has 174 valence electrons. The van der Waals surface area contributed by atoms with Crippen LogP contribution in [0.5, 0.6) is 11.5 Å². The van der Waals surface area contributed by atoms with Crippen molar-refractivity contribution < 1.29 is 9.47 Å². The Kier molecular flexibility index (Phi) is 6.18. The van der Waals surface area contributed by atoms with Crippen molar-refractivity contribution in [1.29, 1.82) is 0 Å². The molecule has 0 atom stereocenters. The van der Waals surface area contributed by atoms with Crippen molar-refractivity contribution in [2.24, 2.45) is 0 Å². The number of nitrogens with zero attached hydrogens (tertiary/aromatic N) is 2. The van der Waals surface area contributed by atoms with Crippen molar-refractivity contribution in [2.45, 2.75) is 13.5 Å². The van der Waals surface area contributed by atoms with Crippen LogP contribution in [0.15, 0.2) is 102 Å². The Balaban J connectivity index is 1.62. The van der Waals surface area contributed by atoms with Crippen LogP contribution in [-0.4, -0.2) is 16.7 Å². The average molecular weight is 464 g/mol. The van der Waals surface area contributed by atoms with Gasteiger partial charge in [0.25, 0.3) is 0 Å². The number of rotatable bonds is 7. The maximum absolute atomic E-state index is 13.2. The van der Waals surface area contributed by atoms with E-state index in [4.69, 9.17) is 14.5 Å². The third-order valence-electron chi connectivity index (χ3n) is 5.72. The first kappa shape index (κ1) is 22.2. The van der Waals surface area contributed by atoms with Gasteiger partial charge in [0.2, 0.25) is 0 Å². The average Bonchev–Trinajstić information content (AvgIpc) is 2.88. The standard InChI is InChI=1S/C29H25N3O3/c1-20-17-22(19-35-25-15-13-24(34-2)14-16-25)31-29-28(20)26(33)18-27(30-21-9-5-3-6-10-21)32(29)23-11-7-4-8-12-23/h3-18,30H,19H2,1-2H3. The molecule has 5 aromatic rings. The number of methoxy groups -OCH3 is 1. The summed E-state index contributed by atoms with van der Waals surface area (Å²) in [5, 5.41) is 3.98. The van der Waals surface area contributed by atoms with Crippen LogP contribution in [0, 0.1) is 6.92 Å². The minimum atomic E-state index is -0.0850. The molecule has 6 heteroatoms. The third kappa shape index (κ3) is 4.73. The van der Waals surface area contributed by atoms with Gasteiger partial charge in [0.05, 0.1) is 18.2 Å². The number of aryl methyl sites for hydroxylation is 1. The first-order valence-electron chi connectivity index (χ1n) is 11.3. The summed E-state index contributed by atoms with van der Waals surface area (Å²) in [5.41, 5.74) is 3.85. The monoisotopic (exact) mass is 463 g/mol. The summed E-state index contributed by atoms with van der Waals surface area (Å²) >= 11 is 0. The van der Waals surface area contributed by atoms with Crippen LogP contribution in [0.2, 0.25) is 0 Å². The van der Waals surface area contributed by atoms with E-state index >= 15 is 0 Å². The highest BCUT2D eigenvalue weighted by molar-refractivity contribution is 5.84. The summed E-state index contributed by atoms with van der Waals surface area (Å²) in [6.45, 7) is 2.20. The fraction of sp³-hybridized carbons (Fsp3) is 0.103. The molecular weight excluding hydrogens is 438 g/mol. The Bertz CT molecular complexity index is 1510. The normalized spacial score (nSPS) is 10.8. The van der Waals surface area contributed by atoms with Crippen LogP contribution in [0.3, 0.4) is 0 Å². The van der Waals surface area contributed by atoms with Gasteiger partial charge < -0.3 is 14.8 Å². The van der Waals surface area contributed by atoms with Gasteiger partial charge in [0.1, 0.15) is 23.9 Å². The van der Waals surface area contributed by atoms with Gasteiger partial charge in [-0.05, 0) is 67.1 Å². The quantitative estimate of drug-likeness (QED) is 0.319. The van der Waals surface area contributed by atoms with Gasteiger partial charge in [-0.1, -0.05) is 36.4 Å². The lowest BCUT2D eigenvalue weighted by Gasteiger charge is -2.19. The molecule has 0 unspecified atom stereocenters. The van der Waals surface area contributed by atoms with Gasteiger partial charge in [0, 0.05) is 17.4 Å². The predicted molar refractivity (Wildman–Crippen MR) is 139 cm³/mol. The van der Waals surface area contributed by atoms with E-state index < -0.39 is 0 Å². The molecule has 2 heterocycles. The number of fused-ring (bicyclic) bond motifs is 1. The first-order chi connectivity index (χ1) is 17.1. The van der Waals surface area contributed by atoms with Crippen molar-refractivity contribution in [3.63, 3.8) is 0 Å². The predicted octanol–water partition coefficient (Wildman–Crippen LogP) is 6.03. The van der Waals surface area contributed by atoms with Crippen molar-refractivity contribution in [3.05, 3.63) is 119 Å². The van der Waals surface area contributed by atoms with E-state index in [1.165, 1.54) is 0 Å². The Morgan fingerprint density at radius 2 is 1.51 bits per heavy atom. The van der Waals surface area contributed by atoms with Gasteiger partial charge in [-0.25, -0.2) is 4.98 Å². The van der Waals surface area contributed by atoms with Gasteiger partial charge in [-0.2, -0.15) is 0 Å². The largest absolute Gasteiger partial charge is 0.497 e. The summed E-state index contributed by atoms with van der Waals surface area (Å²) < 4.78 is 13.2. The molecule has 5 rings (SSSR count). The van der Waals surface area contributed by atoms with E-state index in [0.717, 1.165) is 28.4 Å². The lowest BCUT2D eigenvalue weighted by atomic mass is 10.1. The molecule has 0 saturated carbocycles. The van der Waals surface area contributed by atoms with Crippen molar-refractivity contribution in [3.8, 4) is 17.2 Å². The molecule has 0 radical (unpaired) electrons. The van der Waals surface area contributed by atoms with E-state index in [-0.39, 0.29) is 12.0 Å². The number of aromatic nitrogens is 2. The second kappa shape index (κ2) is 9.73. The fourth-order valence-electron chi connectivity index (χ4n) is 4.07. The molecule has 0 aliphatic heterocycles. The molecular formula is C29H25N3O3. The van der Waals surface area contributed by atoms with Gasteiger partial charge in [-0.3, -0.25) is 9.36 Å². The van der Waals surface area contributed by atoms with Crippen LogP contribution in [0.25, 0.3) is 16.7 Å². The second-order valence-corrected chi connectivity index (χ2v) is 8.15. The van der Waals surface area contributed by atoms with E-state index in [1.807, 2.05) is 102 Å². The molecule has 3 aromatic carbocycles. The Hall–Kier alpha value is -4.58. The number of pyridine rings is 2. The molecule has 0 aliphatic rings. The lowest BCUT2D eigenvalue weighted by Crippen LogP contribution is -2.15. The zero-order valence-electron chi connectivity index (χ0n) is 19.6. The Morgan fingerprint density at radius 1 is 0.857 bits per heavy atom. The number of benzene rings is 3. The van der Waals surface area contributed by atoms with Gasteiger partial charge >= 0.3 is 0 Å². The minimum Gasteiger partial charge on any atom is -0.497 e. The lowest BCUT2D eigenvalue weighted by molar-refractivity contribution is 0.301. The molecule has 0 bridgehead atoms. The topological polar surface area (TPSA) is 65.4 Å². The van der Waals surface area contributed by atoms with E-state index in [9.17, 15) is 4.79 Å². The Morgan fingerprint density at radius 3 is 2.20 bits per heavy atom. The van der Waals surface area contributed by atoms with Crippen molar-refractivity contribution in [2.75, 3.05) is 12.4 Å². The molecule has 1 N–H and O–H groups in total. The van der Waals surface area contributed by atoms with Gasteiger partial charge in [0.15, 0.2) is 11.1 Å². The van der Waals surface area contributed by atoms with Crippen LogP contribution in [-0.2, 0) is 6.61 Å². The summed E-state index contributed by atoms with van der Waals surface area (Å²) in [4.78, 5) is 18.1. The molecule has 0 aliphatic carbocycles. The number of hydrogen-bond acceptors (Lipinski definition) is 5. The van der Waals surface area contributed by atoms with Crippen LogP contribution < -0.4 is 20.2 Å². The molecule has 0 saturated heterocycles. The van der Waals surface area contributed by atoms with E-state index in [1.54, 1.807) is 13.2 Å². The highest BCUT2D eigenvalue weighted by Gasteiger charge is 2.16. The molecule has 0 amide bonds. The summed E-state index contributed by atoms with van der Waals surface area (Å²) in [6, 6.07) is 30.6. The zero-order chi connectivity index (χ0) is 24.2. The maximum atomic E-state index is 13.2. The number of para-hydroxylation sites is 2. The highest BCUT2D eigenvalue weighted by Crippen LogP contribution is 2.26. The van der Waals surface area contributed by atoms with Crippen LogP contribution in [0.4, 0.5) is 11.5 Å². The maximum Gasteiger partial charge on any atom is 0.193 e. The highest BCUT2D eigenvalue weighted by atomic mass is 16.5. The van der Waals surface area contributed by atoms with Crippen LogP contribution in [0.1, 0.15) is 11.3 Å². The zero-order valence-corrected chi connectivity index (χ0v) is 19.6. The third-order valence-corrected chi connectivity index (χ3v) is 5.72. The molecule has 6 nitrogen and oxygen atoms in total. The summed E-state index contributed by atoms with van der Waals surface area (Å²) in [6.07, 6.45) is 0. The first-order valence-corrected chi connectivity index (χ1v) is 11.3. The SMILES string of the molecule is COc1ccc(OCc2cc(C)c3c(=O)cc(Nc4ccccc4)n(-c4ccccc4)c3n2)cc1. The van der Waals surface area contributed by atoms with Crippen molar-refractivity contribution in [1.82, 2.24) is 9.55 Å². The van der Waals surface area contributed by atoms with Crippen LogP contribution >= 0.6 is 0 Å². The molecule has 0 fully saturated rings. The number of nitrogens with one attached hydrogen (secondary N) is 1. The summed E-state index contributed by atoms with van der Waals surface area (Å²) in [7, 11) is 1.63. The van der Waals surface area contributed by atoms with E-state index in [2.05, 4.69) is 5.32 Å². The molecule has 35 heavy (non-hydrogen) atoms. The second-order valence-electron chi connectivity index (χ2n) is 8.15. The molecule has 0 spiro atoms. The number of anilines is 2. The minimum absolute atomic E-state index is 0.0850. The molecule has 2 aromatic heterocycles.